The quantitative estimate of drug-likeness (QED) is 0.552. The zero-order valence-electron chi connectivity index (χ0n) is 14.6. The first-order valence-corrected chi connectivity index (χ1v) is 8.92. The van der Waals surface area contributed by atoms with E-state index in [0.29, 0.717) is 18.3 Å². The maximum atomic E-state index is 13.2. The molecule has 2 atom stereocenters. The number of unbranched alkanes of at least 4 members (excludes halogenated alkanes) is 1. The van der Waals surface area contributed by atoms with E-state index in [2.05, 4.69) is 39.0 Å². The number of rotatable bonds is 6. The van der Waals surface area contributed by atoms with Gasteiger partial charge in [0, 0.05) is 12.2 Å². The van der Waals surface area contributed by atoms with Gasteiger partial charge >= 0.3 is 0 Å². The zero-order valence-corrected chi connectivity index (χ0v) is 14.6. The molecular formula is C21H28O2. The van der Waals surface area contributed by atoms with Gasteiger partial charge in [0.2, 0.25) is 0 Å². The van der Waals surface area contributed by atoms with Crippen molar-refractivity contribution in [2.75, 3.05) is 13.2 Å². The Bertz CT molecular complexity index is 600. The van der Waals surface area contributed by atoms with Gasteiger partial charge in [-0.05, 0) is 42.2 Å². The smallest absolute Gasteiger partial charge is 0.168 e. The van der Waals surface area contributed by atoms with Crippen LogP contribution in [-0.4, -0.2) is 19.0 Å². The second-order valence-corrected chi connectivity index (χ2v) is 7.64. The summed E-state index contributed by atoms with van der Waals surface area (Å²) in [5.41, 5.74) is 1.83. The minimum absolute atomic E-state index is 0.00306. The molecule has 0 aliphatic heterocycles. The molecule has 2 aliphatic carbocycles. The number of ketones is 1. The lowest BCUT2D eigenvalue weighted by Crippen LogP contribution is -2.40. The van der Waals surface area contributed by atoms with Crippen molar-refractivity contribution in [3.8, 4) is 0 Å². The Morgan fingerprint density at radius 1 is 1.26 bits per heavy atom. The van der Waals surface area contributed by atoms with Crippen LogP contribution in [0.2, 0.25) is 0 Å². The molecular weight excluding hydrogens is 284 g/mol. The van der Waals surface area contributed by atoms with Gasteiger partial charge in [0.1, 0.15) is 0 Å². The van der Waals surface area contributed by atoms with Gasteiger partial charge in [-0.3, -0.25) is 4.79 Å². The lowest BCUT2D eigenvalue weighted by Gasteiger charge is -2.35. The fourth-order valence-corrected chi connectivity index (χ4v) is 4.50. The summed E-state index contributed by atoms with van der Waals surface area (Å²) in [4.78, 5) is 13.2. The topological polar surface area (TPSA) is 26.3 Å². The second-order valence-electron chi connectivity index (χ2n) is 7.64. The molecule has 0 amide bonds. The van der Waals surface area contributed by atoms with Crippen molar-refractivity contribution in [3.63, 3.8) is 0 Å². The normalized spacial score (nSPS) is 30.3. The van der Waals surface area contributed by atoms with Crippen molar-refractivity contribution in [1.29, 1.82) is 0 Å². The van der Waals surface area contributed by atoms with Crippen LogP contribution in [0, 0.1) is 16.7 Å². The highest BCUT2D eigenvalue weighted by Gasteiger charge is 2.66. The lowest BCUT2D eigenvalue weighted by atomic mass is 9.69. The Kier molecular flexibility index (Phi) is 4.46. The molecule has 2 heteroatoms. The van der Waals surface area contributed by atoms with Gasteiger partial charge in [-0.15, -0.1) is 0 Å². The van der Waals surface area contributed by atoms with E-state index in [4.69, 9.17) is 4.74 Å². The Morgan fingerprint density at radius 2 is 2.00 bits per heavy atom. The SMILES string of the molecule is CCCCOCC12CCC(C(=Cc3ccccc3)C1=O)C2(C)C. The van der Waals surface area contributed by atoms with Gasteiger partial charge < -0.3 is 4.74 Å². The van der Waals surface area contributed by atoms with Crippen LogP contribution < -0.4 is 0 Å². The van der Waals surface area contributed by atoms with Crippen LogP contribution in [0.5, 0.6) is 0 Å². The molecule has 0 saturated heterocycles. The van der Waals surface area contributed by atoms with E-state index >= 15 is 0 Å². The van der Waals surface area contributed by atoms with Gasteiger partial charge in [-0.25, -0.2) is 0 Å². The highest BCUT2D eigenvalue weighted by molar-refractivity contribution is 6.08. The lowest BCUT2D eigenvalue weighted by molar-refractivity contribution is -0.131. The fraction of sp³-hybridized carbons (Fsp3) is 0.571. The van der Waals surface area contributed by atoms with E-state index in [1.54, 1.807) is 0 Å². The van der Waals surface area contributed by atoms with Crippen molar-refractivity contribution >= 4 is 11.9 Å². The molecule has 3 rings (SSSR count). The summed E-state index contributed by atoms with van der Waals surface area (Å²) >= 11 is 0. The summed E-state index contributed by atoms with van der Waals surface area (Å²) in [5, 5.41) is 0. The third-order valence-corrected chi connectivity index (χ3v) is 6.15. The monoisotopic (exact) mass is 312 g/mol. The Morgan fingerprint density at radius 3 is 2.70 bits per heavy atom. The average molecular weight is 312 g/mol. The van der Waals surface area contributed by atoms with Crippen LogP contribution in [0.1, 0.15) is 52.0 Å². The molecule has 2 nitrogen and oxygen atoms in total. The summed E-state index contributed by atoms with van der Waals surface area (Å²) < 4.78 is 5.94. The molecule has 0 radical (unpaired) electrons. The van der Waals surface area contributed by atoms with E-state index in [0.717, 1.165) is 43.4 Å². The predicted octanol–water partition coefficient (Wildman–Crippen LogP) is 4.89. The number of allylic oxidation sites excluding steroid dienone is 1. The Hall–Kier alpha value is -1.41. The Balaban J connectivity index is 1.87. The van der Waals surface area contributed by atoms with E-state index in [1.807, 2.05) is 18.2 Å². The van der Waals surface area contributed by atoms with Gasteiger partial charge in [0.05, 0.1) is 12.0 Å². The molecule has 2 bridgehead atoms. The molecule has 2 fully saturated rings. The first-order valence-electron chi connectivity index (χ1n) is 8.92. The summed E-state index contributed by atoms with van der Waals surface area (Å²) in [7, 11) is 0. The van der Waals surface area contributed by atoms with E-state index < -0.39 is 0 Å². The molecule has 2 aliphatic rings. The predicted molar refractivity (Wildman–Crippen MR) is 94.1 cm³/mol. The second kappa shape index (κ2) is 6.24. The molecule has 2 saturated carbocycles. The van der Waals surface area contributed by atoms with Crippen LogP contribution >= 0.6 is 0 Å². The van der Waals surface area contributed by atoms with Crippen LogP contribution in [0.3, 0.4) is 0 Å². The van der Waals surface area contributed by atoms with Crippen LogP contribution in [-0.2, 0) is 9.53 Å². The fourth-order valence-electron chi connectivity index (χ4n) is 4.50. The van der Waals surface area contributed by atoms with E-state index in [1.165, 1.54) is 0 Å². The van der Waals surface area contributed by atoms with Gasteiger partial charge in [0.25, 0.3) is 0 Å². The maximum Gasteiger partial charge on any atom is 0.168 e. The average Bonchev–Trinajstić information content (AvgIpc) is 2.88. The minimum Gasteiger partial charge on any atom is -0.380 e. The third kappa shape index (κ3) is 2.57. The number of ether oxygens (including phenoxy) is 1. The number of hydrogen-bond acceptors (Lipinski definition) is 2. The van der Waals surface area contributed by atoms with Crippen LogP contribution in [0.25, 0.3) is 6.08 Å². The molecule has 0 heterocycles. The van der Waals surface area contributed by atoms with Crippen molar-refractivity contribution in [2.24, 2.45) is 16.7 Å². The van der Waals surface area contributed by atoms with E-state index in [9.17, 15) is 4.79 Å². The highest BCUT2D eigenvalue weighted by Crippen LogP contribution is 2.66. The van der Waals surface area contributed by atoms with Gasteiger partial charge in [-0.1, -0.05) is 57.5 Å². The Labute approximate surface area is 139 Å². The zero-order chi connectivity index (χ0) is 16.5. The van der Waals surface area contributed by atoms with Crippen molar-refractivity contribution < 1.29 is 9.53 Å². The summed E-state index contributed by atoms with van der Waals surface area (Å²) in [6.45, 7) is 8.04. The number of fused-ring (bicyclic) bond motifs is 2. The molecule has 0 spiro atoms. The number of carbonyl (C=O) groups excluding carboxylic acids is 1. The van der Waals surface area contributed by atoms with Crippen LogP contribution in [0.4, 0.5) is 0 Å². The standard InChI is InChI=1S/C21H28O2/c1-4-5-13-23-15-21-12-11-18(20(21,2)3)17(19(21)22)14-16-9-7-6-8-10-16/h6-10,14,18H,4-5,11-13,15H2,1-3H3. The highest BCUT2D eigenvalue weighted by atomic mass is 16.5. The summed E-state index contributed by atoms with van der Waals surface area (Å²) in [6, 6.07) is 10.2. The number of benzene rings is 1. The summed E-state index contributed by atoms with van der Waals surface area (Å²) in [5.74, 6) is 0.698. The van der Waals surface area contributed by atoms with Crippen molar-refractivity contribution in [3.05, 3.63) is 41.5 Å². The van der Waals surface area contributed by atoms with Crippen molar-refractivity contribution in [2.45, 2.75) is 46.5 Å². The number of carbonyl (C=O) groups is 1. The molecule has 23 heavy (non-hydrogen) atoms. The number of hydrogen-bond donors (Lipinski definition) is 0. The van der Waals surface area contributed by atoms with Gasteiger partial charge in [0.15, 0.2) is 5.78 Å². The first kappa shape index (κ1) is 16.4. The number of Topliss-reactive ketones (excluding diaryl/α,β-unsaturated/α-hetero) is 1. The van der Waals surface area contributed by atoms with Gasteiger partial charge in [-0.2, -0.15) is 0 Å². The first-order chi connectivity index (χ1) is 11.0. The van der Waals surface area contributed by atoms with Crippen LogP contribution in [0.15, 0.2) is 35.9 Å². The molecule has 124 valence electrons. The van der Waals surface area contributed by atoms with Crippen molar-refractivity contribution in [1.82, 2.24) is 0 Å². The molecule has 0 aromatic heterocycles. The molecule has 1 aromatic carbocycles. The summed E-state index contributed by atoms with van der Waals surface area (Å²) in [6.07, 6.45) is 6.39. The third-order valence-electron chi connectivity index (χ3n) is 6.15. The molecule has 0 N–H and O–H groups in total. The maximum absolute atomic E-state index is 13.2. The van der Waals surface area contributed by atoms with E-state index in [-0.39, 0.29) is 10.8 Å². The molecule has 1 aromatic rings. The largest absolute Gasteiger partial charge is 0.380 e. The minimum atomic E-state index is -0.313. The molecule has 2 unspecified atom stereocenters.